The standard InChI is InChI=1S/C14H20F3N/c1-11-6-5-7-12(2)13(11)10-18-9-4-3-8-14(15,16)17/h5-7,18H,3-4,8-10H2,1-2H3. The SMILES string of the molecule is Cc1cccc(C)c1CNCCCCC(F)(F)F. The van der Waals surface area contributed by atoms with E-state index < -0.39 is 12.6 Å². The number of rotatable bonds is 6. The molecule has 0 bridgehead atoms. The monoisotopic (exact) mass is 259 g/mol. The van der Waals surface area contributed by atoms with Crippen molar-refractivity contribution in [1.82, 2.24) is 5.32 Å². The molecule has 1 N–H and O–H groups in total. The third kappa shape index (κ3) is 5.54. The number of hydrogen-bond acceptors (Lipinski definition) is 1. The van der Waals surface area contributed by atoms with E-state index in [0.29, 0.717) is 13.0 Å². The number of halogens is 3. The van der Waals surface area contributed by atoms with Gasteiger partial charge in [-0.25, -0.2) is 0 Å². The quantitative estimate of drug-likeness (QED) is 0.757. The van der Waals surface area contributed by atoms with Gasteiger partial charge in [0.25, 0.3) is 0 Å². The highest BCUT2D eigenvalue weighted by Gasteiger charge is 2.25. The van der Waals surface area contributed by atoms with Crippen molar-refractivity contribution in [3.63, 3.8) is 0 Å². The number of benzene rings is 1. The highest BCUT2D eigenvalue weighted by atomic mass is 19.4. The van der Waals surface area contributed by atoms with Crippen LogP contribution in [0.5, 0.6) is 0 Å². The average molecular weight is 259 g/mol. The van der Waals surface area contributed by atoms with E-state index in [9.17, 15) is 13.2 Å². The van der Waals surface area contributed by atoms with Crippen LogP contribution in [0, 0.1) is 13.8 Å². The van der Waals surface area contributed by atoms with Crippen LogP contribution < -0.4 is 5.32 Å². The van der Waals surface area contributed by atoms with Gasteiger partial charge in [0.15, 0.2) is 0 Å². The Hall–Kier alpha value is -1.03. The summed E-state index contributed by atoms with van der Waals surface area (Å²) >= 11 is 0. The van der Waals surface area contributed by atoms with Crippen molar-refractivity contribution in [2.24, 2.45) is 0 Å². The molecule has 0 aliphatic heterocycles. The van der Waals surface area contributed by atoms with Gasteiger partial charge in [0, 0.05) is 13.0 Å². The first-order valence-corrected chi connectivity index (χ1v) is 6.23. The first kappa shape index (κ1) is 15.0. The van der Waals surface area contributed by atoms with Gasteiger partial charge < -0.3 is 5.32 Å². The van der Waals surface area contributed by atoms with E-state index in [2.05, 4.69) is 5.32 Å². The number of unbranched alkanes of at least 4 members (excludes halogenated alkanes) is 1. The molecule has 0 saturated carbocycles. The van der Waals surface area contributed by atoms with E-state index in [1.807, 2.05) is 32.0 Å². The Bertz CT molecular complexity index is 352. The summed E-state index contributed by atoms with van der Waals surface area (Å²) in [6.45, 7) is 5.45. The summed E-state index contributed by atoms with van der Waals surface area (Å²) in [5.74, 6) is 0. The van der Waals surface area contributed by atoms with Gasteiger partial charge in [-0.2, -0.15) is 13.2 Å². The Kier molecular flexibility index (Phi) is 5.66. The minimum Gasteiger partial charge on any atom is -0.313 e. The minimum absolute atomic E-state index is 0.198. The fourth-order valence-corrected chi connectivity index (χ4v) is 1.92. The van der Waals surface area contributed by atoms with Crippen molar-refractivity contribution in [2.45, 2.75) is 45.8 Å². The Morgan fingerprint density at radius 2 is 1.67 bits per heavy atom. The van der Waals surface area contributed by atoms with Gasteiger partial charge >= 0.3 is 6.18 Å². The molecule has 0 aliphatic carbocycles. The lowest BCUT2D eigenvalue weighted by Gasteiger charge is -2.11. The topological polar surface area (TPSA) is 12.0 Å². The maximum absolute atomic E-state index is 11.9. The van der Waals surface area contributed by atoms with Crippen LogP contribution in [-0.2, 0) is 6.54 Å². The first-order chi connectivity index (χ1) is 8.40. The van der Waals surface area contributed by atoms with E-state index in [4.69, 9.17) is 0 Å². The maximum atomic E-state index is 11.9. The fraction of sp³-hybridized carbons (Fsp3) is 0.571. The van der Waals surface area contributed by atoms with Gasteiger partial charge in [-0.1, -0.05) is 18.2 Å². The molecule has 4 heteroatoms. The van der Waals surface area contributed by atoms with E-state index >= 15 is 0 Å². The van der Waals surface area contributed by atoms with Crippen LogP contribution in [-0.4, -0.2) is 12.7 Å². The van der Waals surface area contributed by atoms with Crippen molar-refractivity contribution in [1.29, 1.82) is 0 Å². The van der Waals surface area contributed by atoms with Crippen LogP contribution in [0.3, 0.4) is 0 Å². The van der Waals surface area contributed by atoms with E-state index in [1.54, 1.807) is 0 Å². The largest absolute Gasteiger partial charge is 0.389 e. The molecule has 0 unspecified atom stereocenters. The zero-order chi connectivity index (χ0) is 13.6. The van der Waals surface area contributed by atoms with Crippen molar-refractivity contribution in [3.8, 4) is 0 Å². The van der Waals surface area contributed by atoms with Gasteiger partial charge in [0.1, 0.15) is 0 Å². The van der Waals surface area contributed by atoms with Gasteiger partial charge in [0.05, 0.1) is 0 Å². The number of aryl methyl sites for hydroxylation is 2. The molecule has 0 radical (unpaired) electrons. The third-order valence-electron chi connectivity index (χ3n) is 3.01. The second-order valence-corrected chi connectivity index (χ2v) is 4.62. The summed E-state index contributed by atoms with van der Waals surface area (Å²) in [7, 11) is 0. The summed E-state index contributed by atoms with van der Waals surface area (Å²) in [6, 6.07) is 6.11. The summed E-state index contributed by atoms with van der Waals surface area (Å²) in [5.41, 5.74) is 3.68. The summed E-state index contributed by atoms with van der Waals surface area (Å²) in [6.07, 6.45) is -3.95. The molecular weight excluding hydrogens is 239 g/mol. The molecule has 0 spiro atoms. The zero-order valence-corrected chi connectivity index (χ0v) is 10.9. The molecule has 1 nitrogen and oxygen atoms in total. The summed E-state index contributed by atoms with van der Waals surface area (Å²) in [5, 5.41) is 3.20. The van der Waals surface area contributed by atoms with Crippen LogP contribution >= 0.6 is 0 Å². The third-order valence-corrected chi connectivity index (χ3v) is 3.01. The lowest BCUT2D eigenvalue weighted by molar-refractivity contribution is -0.135. The Morgan fingerprint density at radius 1 is 1.06 bits per heavy atom. The highest BCUT2D eigenvalue weighted by molar-refractivity contribution is 5.33. The predicted molar refractivity (Wildman–Crippen MR) is 67.5 cm³/mol. The molecule has 0 aromatic heterocycles. The zero-order valence-electron chi connectivity index (χ0n) is 10.9. The molecular formula is C14H20F3N. The molecule has 1 aromatic carbocycles. The highest BCUT2D eigenvalue weighted by Crippen LogP contribution is 2.21. The Labute approximate surface area is 106 Å². The molecule has 1 aromatic rings. The van der Waals surface area contributed by atoms with Gasteiger partial charge in [0.2, 0.25) is 0 Å². The lowest BCUT2D eigenvalue weighted by Crippen LogP contribution is -2.17. The van der Waals surface area contributed by atoms with E-state index in [-0.39, 0.29) is 6.42 Å². The van der Waals surface area contributed by atoms with Crippen LogP contribution in [0.15, 0.2) is 18.2 Å². The van der Waals surface area contributed by atoms with Crippen LogP contribution in [0.25, 0.3) is 0 Å². The molecule has 102 valence electrons. The van der Waals surface area contributed by atoms with Crippen LogP contribution in [0.2, 0.25) is 0 Å². The molecule has 0 saturated heterocycles. The van der Waals surface area contributed by atoms with Gasteiger partial charge in [-0.15, -0.1) is 0 Å². The predicted octanol–water partition coefficient (Wildman–Crippen LogP) is 4.13. The second kappa shape index (κ2) is 6.78. The smallest absolute Gasteiger partial charge is 0.313 e. The van der Waals surface area contributed by atoms with Crippen molar-refractivity contribution >= 4 is 0 Å². The number of hydrogen-bond donors (Lipinski definition) is 1. The normalized spacial score (nSPS) is 11.8. The number of nitrogens with one attached hydrogen (secondary N) is 1. The van der Waals surface area contributed by atoms with Crippen molar-refractivity contribution in [2.75, 3.05) is 6.54 Å². The summed E-state index contributed by atoms with van der Waals surface area (Å²) < 4.78 is 35.7. The maximum Gasteiger partial charge on any atom is 0.389 e. The van der Waals surface area contributed by atoms with Crippen LogP contribution in [0.4, 0.5) is 13.2 Å². The first-order valence-electron chi connectivity index (χ1n) is 6.23. The van der Waals surface area contributed by atoms with Crippen molar-refractivity contribution < 1.29 is 13.2 Å². The molecule has 0 fully saturated rings. The van der Waals surface area contributed by atoms with E-state index in [1.165, 1.54) is 16.7 Å². The Morgan fingerprint density at radius 3 is 2.22 bits per heavy atom. The lowest BCUT2D eigenvalue weighted by atomic mass is 10.0. The average Bonchev–Trinajstić information content (AvgIpc) is 2.25. The molecule has 0 atom stereocenters. The minimum atomic E-state index is -4.02. The van der Waals surface area contributed by atoms with Crippen LogP contribution in [0.1, 0.15) is 36.0 Å². The molecule has 0 heterocycles. The van der Waals surface area contributed by atoms with E-state index in [0.717, 1.165) is 6.54 Å². The van der Waals surface area contributed by atoms with Gasteiger partial charge in [-0.05, 0) is 49.9 Å². The number of alkyl halides is 3. The fourth-order valence-electron chi connectivity index (χ4n) is 1.92. The van der Waals surface area contributed by atoms with Crippen molar-refractivity contribution in [3.05, 3.63) is 34.9 Å². The van der Waals surface area contributed by atoms with Gasteiger partial charge in [-0.3, -0.25) is 0 Å². The molecule has 0 amide bonds. The molecule has 1 rings (SSSR count). The Balaban J connectivity index is 2.22. The second-order valence-electron chi connectivity index (χ2n) is 4.62. The molecule has 18 heavy (non-hydrogen) atoms. The molecule has 0 aliphatic rings. The summed E-state index contributed by atoms with van der Waals surface area (Å²) in [4.78, 5) is 0.